The summed E-state index contributed by atoms with van der Waals surface area (Å²) in [7, 11) is 1.55. The number of para-hydroxylation sites is 1. The Morgan fingerprint density at radius 1 is 1.35 bits per heavy atom. The first kappa shape index (κ1) is 13.5. The molecule has 1 aromatic rings. The van der Waals surface area contributed by atoms with E-state index >= 15 is 0 Å². The minimum absolute atomic E-state index is 0.0348. The predicted octanol–water partition coefficient (Wildman–Crippen LogP) is 2.05. The highest BCUT2D eigenvalue weighted by molar-refractivity contribution is 5.71. The minimum Gasteiger partial charge on any atom is -0.496 e. The van der Waals surface area contributed by atoms with E-state index in [1.54, 1.807) is 13.2 Å². The molecule has 2 unspecified atom stereocenters. The topological polar surface area (TPSA) is 72.5 Å². The van der Waals surface area contributed by atoms with Gasteiger partial charge in [0.1, 0.15) is 5.75 Å². The Bertz CT molecular complexity index is 390. The van der Waals surface area contributed by atoms with Crippen LogP contribution in [-0.2, 0) is 4.79 Å². The minimum atomic E-state index is -0.876. The average Bonchev–Trinajstić information content (AvgIpc) is 2.27. The molecule has 1 aromatic carbocycles. The molecule has 0 fully saturated rings. The van der Waals surface area contributed by atoms with Gasteiger partial charge in [0.15, 0.2) is 0 Å². The molecule has 0 aromatic heterocycles. The van der Waals surface area contributed by atoms with Crippen molar-refractivity contribution in [3.05, 3.63) is 29.8 Å². The molecule has 94 valence electrons. The third-order valence-corrected chi connectivity index (χ3v) is 2.89. The smallest absolute Gasteiger partial charge is 0.308 e. The second-order valence-corrected chi connectivity index (χ2v) is 4.38. The first-order chi connectivity index (χ1) is 7.99. The van der Waals surface area contributed by atoms with Crippen LogP contribution in [0.3, 0.4) is 0 Å². The average molecular weight is 237 g/mol. The number of hydrogen-bond acceptors (Lipinski definition) is 3. The van der Waals surface area contributed by atoms with Crippen LogP contribution in [0, 0.1) is 11.8 Å². The van der Waals surface area contributed by atoms with Gasteiger partial charge in [-0.2, -0.15) is 0 Å². The van der Waals surface area contributed by atoms with Gasteiger partial charge in [-0.3, -0.25) is 4.79 Å². The lowest BCUT2D eigenvalue weighted by Gasteiger charge is -2.25. The van der Waals surface area contributed by atoms with Crippen molar-refractivity contribution in [3.63, 3.8) is 0 Å². The summed E-state index contributed by atoms with van der Waals surface area (Å²) < 4.78 is 5.20. The fourth-order valence-electron chi connectivity index (χ4n) is 1.99. The Hall–Kier alpha value is -1.55. The van der Waals surface area contributed by atoms with Crippen LogP contribution in [0.15, 0.2) is 24.3 Å². The highest BCUT2D eigenvalue weighted by Crippen LogP contribution is 2.31. The van der Waals surface area contributed by atoms with Crippen molar-refractivity contribution >= 4 is 5.97 Å². The quantitative estimate of drug-likeness (QED) is 0.822. The first-order valence-corrected chi connectivity index (χ1v) is 5.60. The summed E-state index contributed by atoms with van der Waals surface area (Å²) in [6, 6.07) is 6.69. The molecule has 0 aliphatic heterocycles. The third-order valence-electron chi connectivity index (χ3n) is 2.89. The molecule has 0 spiro atoms. The Morgan fingerprint density at radius 3 is 2.41 bits per heavy atom. The number of methoxy groups -OCH3 is 1. The van der Waals surface area contributed by atoms with Crippen LogP contribution >= 0.6 is 0 Å². The van der Waals surface area contributed by atoms with Crippen molar-refractivity contribution in [1.29, 1.82) is 0 Å². The van der Waals surface area contributed by atoms with Gasteiger partial charge in [0.25, 0.3) is 0 Å². The van der Waals surface area contributed by atoms with Crippen molar-refractivity contribution in [1.82, 2.24) is 0 Å². The fraction of sp³-hybridized carbons (Fsp3) is 0.462. The van der Waals surface area contributed by atoms with E-state index in [9.17, 15) is 9.90 Å². The van der Waals surface area contributed by atoms with Crippen LogP contribution in [0.25, 0.3) is 0 Å². The van der Waals surface area contributed by atoms with Crippen LogP contribution in [-0.4, -0.2) is 18.2 Å². The van der Waals surface area contributed by atoms with Gasteiger partial charge in [-0.05, 0) is 12.0 Å². The Balaban J connectivity index is 3.09. The second kappa shape index (κ2) is 5.68. The van der Waals surface area contributed by atoms with Crippen molar-refractivity contribution < 1.29 is 14.6 Å². The molecule has 0 bridgehead atoms. The Kier molecular flexibility index (Phi) is 4.52. The van der Waals surface area contributed by atoms with E-state index < -0.39 is 17.9 Å². The molecule has 4 heteroatoms. The van der Waals surface area contributed by atoms with Gasteiger partial charge in [0.05, 0.1) is 13.0 Å². The number of nitrogens with two attached hydrogens (primary N) is 1. The normalized spacial score (nSPS) is 14.4. The van der Waals surface area contributed by atoms with Crippen LogP contribution in [0.1, 0.15) is 25.5 Å². The summed E-state index contributed by atoms with van der Waals surface area (Å²) in [4.78, 5) is 11.2. The molecule has 0 radical (unpaired) electrons. The largest absolute Gasteiger partial charge is 0.496 e. The molecule has 3 N–H and O–H groups in total. The molecule has 4 nitrogen and oxygen atoms in total. The van der Waals surface area contributed by atoms with Crippen molar-refractivity contribution in [3.8, 4) is 5.75 Å². The molecule has 0 heterocycles. The number of hydrogen-bond donors (Lipinski definition) is 2. The van der Waals surface area contributed by atoms with E-state index in [-0.39, 0.29) is 5.92 Å². The zero-order valence-electron chi connectivity index (χ0n) is 10.4. The molecule has 0 aliphatic rings. The zero-order valence-corrected chi connectivity index (χ0v) is 10.4. The molecule has 2 atom stereocenters. The number of rotatable bonds is 5. The van der Waals surface area contributed by atoms with Crippen molar-refractivity contribution in [2.24, 2.45) is 17.6 Å². The van der Waals surface area contributed by atoms with Gasteiger partial charge in [0.2, 0.25) is 0 Å². The van der Waals surface area contributed by atoms with Gasteiger partial charge >= 0.3 is 5.97 Å². The summed E-state index contributed by atoms with van der Waals surface area (Å²) in [5.74, 6) is -0.899. The number of carboxylic acid groups (broad SMARTS) is 1. The SMILES string of the molecule is COc1ccccc1C(N)C(C(=O)O)C(C)C. The van der Waals surface area contributed by atoms with Crippen molar-refractivity contribution in [2.45, 2.75) is 19.9 Å². The number of carboxylic acids is 1. The van der Waals surface area contributed by atoms with E-state index in [4.69, 9.17) is 10.5 Å². The highest BCUT2D eigenvalue weighted by Gasteiger charge is 2.30. The Morgan fingerprint density at radius 2 is 1.94 bits per heavy atom. The Labute approximate surface area is 101 Å². The van der Waals surface area contributed by atoms with E-state index in [0.29, 0.717) is 5.75 Å². The van der Waals surface area contributed by atoms with Crippen molar-refractivity contribution in [2.75, 3.05) is 7.11 Å². The maximum atomic E-state index is 11.2. The number of ether oxygens (including phenoxy) is 1. The van der Waals surface area contributed by atoms with E-state index in [1.165, 1.54) is 0 Å². The van der Waals surface area contributed by atoms with E-state index in [1.807, 2.05) is 32.0 Å². The second-order valence-electron chi connectivity index (χ2n) is 4.38. The van der Waals surface area contributed by atoms with Gasteiger partial charge in [-0.15, -0.1) is 0 Å². The first-order valence-electron chi connectivity index (χ1n) is 5.60. The summed E-state index contributed by atoms with van der Waals surface area (Å²) in [6.07, 6.45) is 0. The van der Waals surface area contributed by atoms with Crippen LogP contribution in [0.5, 0.6) is 5.75 Å². The van der Waals surface area contributed by atoms with Crippen LogP contribution in [0.2, 0.25) is 0 Å². The summed E-state index contributed by atoms with van der Waals surface area (Å²) in [5, 5.41) is 9.22. The molecule has 17 heavy (non-hydrogen) atoms. The number of carbonyl (C=O) groups is 1. The van der Waals surface area contributed by atoms with Gasteiger partial charge < -0.3 is 15.6 Å². The summed E-state index contributed by atoms with van der Waals surface area (Å²) in [5.41, 5.74) is 6.79. The highest BCUT2D eigenvalue weighted by atomic mass is 16.5. The molecular formula is C13H19NO3. The lowest BCUT2D eigenvalue weighted by molar-refractivity contribution is -0.144. The fourth-order valence-corrected chi connectivity index (χ4v) is 1.99. The monoisotopic (exact) mass is 237 g/mol. The molecule has 0 saturated heterocycles. The molecule has 0 saturated carbocycles. The molecule has 1 rings (SSSR count). The maximum absolute atomic E-state index is 11.2. The summed E-state index contributed by atoms with van der Waals surface area (Å²) in [6.45, 7) is 3.71. The van der Waals surface area contributed by atoms with Gasteiger partial charge in [-0.25, -0.2) is 0 Å². The number of benzene rings is 1. The molecular weight excluding hydrogens is 218 g/mol. The zero-order chi connectivity index (χ0) is 13.0. The van der Waals surface area contributed by atoms with Gasteiger partial charge in [0, 0.05) is 11.6 Å². The number of aliphatic carboxylic acids is 1. The van der Waals surface area contributed by atoms with Crippen LogP contribution in [0.4, 0.5) is 0 Å². The predicted molar refractivity (Wildman–Crippen MR) is 65.9 cm³/mol. The lowest BCUT2D eigenvalue weighted by Crippen LogP contribution is -2.32. The molecule has 0 aliphatic carbocycles. The standard InChI is InChI=1S/C13H19NO3/c1-8(2)11(13(15)16)12(14)9-6-4-5-7-10(9)17-3/h4-8,11-12H,14H2,1-3H3,(H,15,16). The van der Waals surface area contributed by atoms with E-state index in [2.05, 4.69) is 0 Å². The third kappa shape index (κ3) is 2.97. The van der Waals surface area contributed by atoms with E-state index in [0.717, 1.165) is 5.56 Å². The summed E-state index contributed by atoms with van der Waals surface area (Å²) >= 11 is 0. The van der Waals surface area contributed by atoms with Gasteiger partial charge in [-0.1, -0.05) is 32.0 Å². The maximum Gasteiger partial charge on any atom is 0.308 e. The molecule has 0 amide bonds. The lowest BCUT2D eigenvalue weighted by atomic mass is 9.85. The van der Waals surface area contributed by atoms with Crippen LogP contribution < -0.4 is 10.5 Å².